The summed E-state index contributed by atoms with van der Waals surface area (Å²) in [6, 6.07) is 17.4. The molecule has 0 bridgehead atoms. The second-order valence-electron chi connectivity index (χ2n) is 10.1. The topological polar surface area (TPSA) is 97.6 Å². The molecule has 0 atom stereocenters. The van der Waals surface area contributed by atoms with Crippen LogP contribution >= 0.6 is 0 Å². The number of rotatable bonds is 13. The molecule has 11 heteroatoms. The third-order valence-corrected chi connectivity index (χ3v) is 7.02. The number of hydrogen-bond donors (Lipinski definition) is 0. The van der Waals surface area contributed by atoms with Crippen LogP contribution in [0, 0.1) is 11.2 Å². The maximum absolute atomic E-state index is 13.4. The number of esters is 1. The molecule has 216 valence electrons. The Labute approximate surface area is 242 Å². The van der Waals surface area contributed by atoms with Crippen molar-refractivity contribution >= 4 is 16.9 Å². The zero-order valence-electron chi connectivity index (χ0n) is 23.8. The molecular formula is C30H34FN4O5S+. The smallest absolute Gasteiger partial charge is 0.323 e. The second kappa shape index (κ2) is 13.6. The van der Waals surface area contributed by atoms with Gasteiger partial charge in [0.2, 0.25) is 5.88 Å². The first-order valence-corrected chi connectivity index (χ1v) is 15.1. The molecule has 2 aromatic heterocycles. The lowest BCUT2D eigenvalue weighted by Crippen LogP contribution is -2.32. The monoisotopic (exact) mass is 581 g/mol. The predicted molar refractivity (Wildman–Crippen MR) is 156 cm³/mol. The van der Waals surface area contributed by atoms with Gasteiger partial charge in [-0.25, -0.2) is 9.37 Å². The fourth-order valence-electron chi connectivity index (χ4n) is 3.63. The molecule has 0 radical (unpaired) electrons. The van der Waals surface area contributed by atoms with Crippen LogP contribution in [0.1, 0.15) is 13.8 Å². The summed E-state index contributed by atoms with van der Waals surface area (Å²) in [4.78, 5) is 20.8. The molecule has 0 amide bonds. The van der Waals surface area contributed by atoms with Crippen molar-refractivity contribution in [1.82, 2.24) is 19.7 Å². The highest BCUT2D eigenvalue weighted by molar-refractivity contribution is 7.95. The van der Waals surface area contributed by atoms with Crippen LogP contribution in [0.25, 0.3) is 22.5 Å². The lowest BCUT2D eigenvalue weighted by molar-refractivity contribution is -0.152. The highest BCUT2D eigenvalue weighted by Crippen LogP contribution is 2.27. The van der Waals surface area contributed by atoms with E-state index in [2.05, 4.69) is 27.6 Å². The number of methoxy groups -OCH3 is 1. The minimum absolute atomic E-state index is 0.149. The zero-order chi connectivity index (χ0) is 29.4. The first-order valence-electron chi connectivity index (χ1n) is 12.9. The van der Waals surface area contributed by atoms with Gasteiger partial charge in [-0.1, -0.05) is 24.3 Å². The van der Waals surface area contributed by atoms with Crippen LogP contribution in [0.15, 0.2) is 66.9 Å². The average molecular weight is 582 g/mol. The molecular weight excluding hydrogens is 547 g/mol. The van der Waals surface area contributed by atoms with Gasteiger partial charge >= 0.3 is 12.0 Å². The molecule has 0 saturated carbocycles. The van der Waals surface area contributed by atoms with E-state index in [1.54, 1.807) is 30.8 Å². The van der Waals surface area contributed by atoms with Gasteiger partial charge in [0, 0.05) is 23.4 Å². The van der Waals surface area contributed by atoms with Crippen LogP contribution in [-0.4, -0.2) is 64.3 Å². The standard InChI is InChI=1S/C30H34FN4O5S/c1-30(2,28(36)37-3)19-39-26-15-10-23(18-32-26)21-6-8-22(9-7-21)27-33-29(40-25-13-11-24(31)12-14-25)35(34-27)20-38-16-17-41(4)5/h6-15,18H,16-17,19-20H2,1-5H3/q+1. The van der Waals surface area contributed by atoms with Gasteiger partial charge in [-0.15, -0.1) is 5.10 Å². The Morgan fingerprint density at radius 3 is 2.29 bits per heavy atom. The number of carbonyl (C=O) groups excluding carboxylic acids is 1. The van der Waals surface area contributed by atoms with Gasteiger partial charge in [-0.2, -0.15) is 9.67 Å². The van der Waals surface area contributed by atoms with E-state index in [0.29, 0.717) is 24.1 Å². The van der Waals surface area contributed by atoms with Crippen LogP contribution in [-0.2, 0) is 31.9 Å². The second-order valence-corrected chi connectivity index (χ2v) is 12.5. The fraction of sp³-hybridized carbons (Fsp3) is 0.333. The fourth-order valence-corrected chi connectivity index (χ4v) is 4.08. The summed E-state index contributed by atoms with van der Waals surface area (Å²) in [5.41, 5.74) is 1.85. The van der Waals surface area contributed by atoms with Crippen molar-refractivity contribution in [3.63, 3.8) is 0 Å². The SMILES string of the molecule is COC(=O)C(C)(C)COc1ccc(-c2ccc(-c3nc(Oc4ccc(F)cc4)n(COCC[S+](C)C)n3)cc2)cn1. The Bertz CT molecular complexity index is 1430. The largest absolute Gasteiger partial charge is 0.476 e. The van der Waals surface area contributed by atoms with E-state index in [9.17, 15) is 9.18 Å². The van der Waals surface area contributed by atoms with E-state index in [0.717, 1.165) is 22.4 Å². The molecule has 0 aliphatic carbocycles. The number of aromatic nitrogens is 4. The lowest BCUT2D eigenvalue weighted by atomic mass is 9.95. The van der Waals surface area contributed by atoms with Crippen molar-refractivity contribution in [3.05, 3.63) is 72.7 Å². The molecule has 2 aromatic carbocycles. The summed E-state index contributed by atoms with van der Waals surface area (Å²) < 4.78 is 37.1. The molecule has 41 heavy (non-hydrogen) atoms. The number of pyridine rings is 1. The van der Waals surface area contributed by atoms with Crippen molar-refractivity contribution < 1.29 is 28.1 Å². The van der Waals surface area contributed by atoms with Crippen molar-refractivity contribution in [2.45, 2.75) is 20.6 Å². The van der Waals surface area contributed by atoms with Crippen molar-refractivity contribution in [2.24, 2.45) is 5.41 Å². The van der Waals surface area contributed by atoms with Gasteiger partial charge in [0.05, 0.1) is 31.6 Å². The molecule has 0 unspecified atom stereocenters. The van der Waals surface area contributed by atoms with Crippen LogP contribution in [0.3, 0.4) is 0 Å². The van der Waals surface area contributed by atoms with E-state index in [1.165, 1.54) is 31.4 Å². The third-order valence-electron chi connectivity index (χ3n) is 6.04. The van der Waals surface area contributed by atoms with Crippen LogP contribution in [0.2, 0.25) is 0 Å². The molecule has 0 aliphatic rings. The first-order chi connectivity index (χ1) is 19.6. The van der Waals surface area contributed by atoms with E-state index < -0.39 is 5.41 Å². The highest BCUT2D eigenvalue weighted by Gasteiger charge is 2.30. The Balaban J connectivity index is 1.47. The number of hydrogen-bond acceptors (Lipinski definition) is 8. The quantitative estimate of drug-likeness (QED) is 0.118. The summed E-state index contributed by atoms with van der Waals surface area (Å²) in [5.74, 6) is 1.59. The maximum atomic E-state index is 13.4. The maximum Gasteiger partial charge on any atom is 0.323 e. The van der Waals surface area contributed by atoms with E-state index in [1.807, 2.05) is 30.3 Å². The van der Waals surface area contributed by atoms with Gasteiger partial charge in [0.15, 0.2) is 5.82 Å². The van der Waals surface area contributed by atoms with Crippen LogP contribution in [0.5, 0.6) is 17.6 Å². The number of ether oxygens (including phenoxy) is 4. The van der Waals surface area contributed by atoms with Gasteiger partial charge in [-0.3, -0.25) is 4.79 Å². The van der Waals surface area contributed by atoms with Crippen molar-refractivity contribution in [2.75, 3.05) is 38.6 Å². The average Bonchev–Trinajstić information content (AvgIpc) is 3.37. The Morgan fingerprint density at radius 1 is 0.976 bits per heavy atom. The van der Waals surface area contributed by atoms with Crippen LogP contribution < -0.4 is 9.47 Å². The normalized spacial score (nSPS) is 11.5. The number of halogens is 1. The lowest BCUT2D eigenvalue weighted by Gasteiger charge is -2.21. The summed E-state index contributed by atoms with van der Waals surface area (Å²) in [6.07, 6.45) is 6.04. The van der Waals surface area contributed by atoms with Crippen LogP contribution in [0.4, 0.5) is 4.39 Å². The Morgan fingerprint density at radius 2 is 1.66 bits per heavy atom. The van der Waals surface area contributed by atoms with Gasteiger partial charge < -0.3 is 18.9 Å². The third kappa shape index (κ3) is 8.27. The molecule has 0 spiro atoms. The summed E-state index contributed by atoms with van der Waals surface area (Å²) in [7, 11) is 1.63. The highest BCUT2D eigenvalue weighted by atomic mass is 32.2. The molecule has 0 aliphatic heterocycles. The summed E-state index contributed by atoms with van der Waals surface area (Å²) in [5, 5.41) is 4.61. The minimum Gasteiger partial charge on any atom is -0.476 e. The Hall–Kier alpha value is -3.96. The summed E-state index contributed by atoms with van der Waals surface area (Å²) >= 11 is 0. The molecule has 4 aromatic rings. The molecule has 9 nitrogen and oxygen atoms in total. The molecule has 2 heterocycles. The zero-order valence-corrected chi connectivity index (χ0v) is 24.6. The molecule has 4 rings (SSSR count). The van der Waals surface area contributed by atoms with E-state index in [-0.39, 0.29) is 42.0 Å². The number of nitrogens with zero attached hydrogens (tertiary/aromatic N) is 4. The molecule has 0 fully saturated rings. The number of carbonyl (C=O) groups is 1. The Kier molecular flexibility index (Phi) is 9.95. The minimum atomic E-state index is -0.781. The van der Waals surface area contributed by atoms with E-state index in [4.69, 9.17) is 18.9 Å². The number of benzene rings is 2. The van der Waals surface area contributed by atoms with Gasteiger partial charge in [0.1, 0.15) is 30.7 Å². The summed E-state index contributed by atoms with van der Waals surface area (Å²) in [6.45, 7) is 4.43. The van der Waals surface area contributed by atoms with Crippen molar-refractivity contribution in [1.29, 1.82) is 0 Å². The van der Waals surface area contributed by atoms with Gasteiger partial charge in [0.25, 0.3) is 0 Å². The molecule has 0 N–H and O–H groups in total. The van der Waals surface area contributed by atoms with Gasteiger partial charge in [-0.05, 0) is 60.6 Å². The predicted octanol–water partition coefficient (Wildman–Crippen LogP) is 5.37. The molecule has 0 saturated heterocycles. The van der Waals surface area contributed by atoms with E-state index >= 15 is 0 Å². The van der Waals surface area contributed by atoms with Crippen molar-refractivity contribution in [3.8, 4) is 40.2 Å². The first kappa shape index (κ1) is 30.0.